The predicted molar refractivity (Wildman–Crippen MR) is 300 cm³/mol. The second-order valence-electron chi connectivity index (χ2n) is 21.6. The van der Waals surface area contributed by atoms with Gasteiger partial charge in [-0.25, -0.2) is 9.97 Å². The molecule has 0 saturated carbocycles. The summed E-state index contributed by atoms with van der Waals surface area (Å²) < 4.78 is 162. The zero-order valence-electron chi connectivity index (χ0n) is 47.4. The largest absolute Gasteiger partial charge is 0.416 e. The topological polar surface area (TPSA) is 88.2 Å². The van der Waals surface area contributed by atoms with E-state index in [0.29, 0.717) is 52.6 Å². The van der Waals surface area contributed by atoms with Crippen LogP contribution in [0.25, 0.3) is 22.3 Å². The summed E-state index contributed by atoms with van der Waals surface area (Å²) in [6.07, 6.45) is -17.2. The maximum Gasteiger partial charge on any atom is 0.416 e. The minimum atomic E-state index is -5.03. The van der Waals surface area contributed by atoms with Crippen molar-refractivity contribution in [2.45, 2.75) is 77.1 Å². The first-order valence-electron chi connectivity index (χ1n) is 26.2. The third-order valence-electron chi connectivity index (χ3n) is 14.8. The monoisotopic (exact) mass is 1190 g/mol. The van der Waals surface area contributed by atoms with Crippen LogP contribution in [-0.4, -0.2) is 112 Å². The molecule has 83 heavy (non-hydrogen) atoms. The zero-order valence-corrected chi connectivity index (χ0v) is 48.2. The Labute approximate surface area is 480 Å². The van der Waals surface area contributed by atoms with Crippen molar-refractivity contribution in [3.05, 3.63) is 159 Å². The number of likely N-dealkylation sites (N-methyl/N-ethyl adjacent to an activating group) is 4. The van der Waals surface area contributed by atoms with Crippen LogP contribution in [0.4, 0.5) is 69.9 Å². The Kier molecular flexibility index (Phi) is 20.2. The molecule has 4 aromatic carbocycles. The van der Waals surface area contributed by atoms with Gasteiger partial charge in [-0.15, -0.1) is 0 Å². The number of piperazine rings is 2. The molecular formula is C60H65ClF12N8O2. The zero-order chi connectivity index (χ0) is 61.8. The SMILES string of the molecule is CN1CCNCC1.Cc1ccccc1-c1cc(Cl)ncc1N(C)C(=O)C(C)(C)c1cc(C(F)(F)F)cc(C(F)(F)F)c1.Cc1ccccc1-c1cc(N2CCN(C)CC2)ncc1N(C)C(=O)C(C)(C)c1cc(C(F)(F)F)cc(C(F)(F)F)c1. The van der Waals surface area contributed by atoms with Gasteiger partial charge in [0.2, 0.25) is 11.8 Å². The number of amides is 2. The third kappa shape index (κ3) is 15.9. The molecule has 2 amide bonds. The maximum absolute atomic E-state index is 13.9. The van der Waals surface area contributed by atoms with Crippen molar-refractivity contribution in [3.8, 4) is 22.3 Å². The van der Waals surface area contributed by atoms with Gasteiger partial charge in [-0.05, 0) is 138 Å². The van der Waals surface area contributed by atoms with E-state index in [4.69, 9.17) is 11.6 Å². The maximum atomic E-state index is 13.9. The normalized spacial score (nSPS) is 15.0. The van der Waals surface area contributed by atoms with Gasteiger partial charge in [0.15, 0.2) is 0 Å². The number of aryl methyl sites for hydroxylation is 2. The Balaban J connectivity index is 0.000000240. The van der Waals surface area contributed by atoms with Crippen molar-refractivity contribution in [2.75, 3.05) is 95.2 Å². The fourth-order valence-corrected chi connectivity index (χ4v) is 9.65. The van der Waals surface area contributed by atoms with E-state index in [0.717, 1.165) is 61.5 Å². The van der Waals surface area contributed by atoms with Crippen LogP contribution >= 0.6 is 11.6 Å². The second kappa shape index (κ2) is 25.6. The molecule has 0 atom stereocenters. The smallest absolute Gasteiger partial charge is 0.354 e. The molecule has 4 heterocycles. The van der Waals surface area contributed by atoms with Crippen molar-refractivity contribution >= 4 is 40.6 Å². The molecule has 2 aromatic heterocycles. The first-order chi connectivity index (χ1) is 38.4. The standard InChI is InChI=1S/C30H32F6N4O.C25H21ClF6N2O.C5H12N2/c1-19-8-6-7-9-23(19)24-17-26(40-12-10-38(4)11-13-40)37-18-25(24)39(5)27(41)28(2,3)20-14-21(29(31,32)33)16-22(15-20)30(34,35)36;1-14-7-5-6-8-18(14)19-12-21(26)33-13-20(19)34(4)22(35)23(2,3)15-9-16(24(27,28)29)11-17(10-15)25(30,31)32;1-7-4-2-6-3-5-7/h6-9,14-18H,10-13H2,1-5H3;5-13H,1-4H3;6H,2-5H2,1H3. The molecule has 0 radical (unpaired) electrons. The van der Waals surface area contributed by atoms with Crippen molar-refractivity contribution in [3.63, 3.8) is 0 Å². The summed E-state index contributed by atoms with van der Waals surface area (Å²) in [7, 11) is 7.03. The first-order valence-corrected chi connectivity index (χ1v) is 26.6. The quantitative estimate of drug-likeness (QED) is 0.113. The van der Waals surface area contributed by atoms with E-state index in [-0.39, 0.29) is 17.3 Å². The van der Waals surface area contributed by atoms with Gasteiger partial charge in [-0.2, -0.15) is 52.7 Å². The van der Waals surface area contributed by atoms with Gasteiger partial charge in [-0.3, -0.25) is 9.59 Å². The number of nitrogens with one attached hydrogen (secondary N) is 1. The Morgan fingerprint density at radius 1 is 0.482 bits per heavy atom. The number of rotatable bonds is 9. The van der Waals surface area contributed by atoms with Crippen molar-refractivity contribution in [1.29, 1.82) is 0 Å². The number of carbonyl (C=O) groups excluding carboxylic acids is 2. The lowest BCUT2D eigenvalue weighted by Gasteiger charge is -2.35. The van der Waals surface area contributed by atoms with Crippen LogP contribution in [0.5, 0.6) is 0 Å². The molecule has 2 aliphatic rings. The summed E-state index contributed by atoms with van der Waals surface area (Å²) >= 11 is 6.08. The van der Waals surface area contributed by atoms with Gasteiger partial charge >= 0.3 is 24.7 Å². The second-order valence-corrected chi connectivity index (χ2v) is 22.0. The number of aromatic nitrogens is 2. The van der Waals surface area contributed by atoms with Crippen LogP contribution in [-0.2, 0) is 45.1 Å². The summed E-state index contributed by atoms with van der Waals surface area (Å²) in [5, 5.41) is 3.43. The van der Waals surface area contributed by atoms with Crippen molar-refractivity contribution < 1.29 is 62.3 Å². The van der Waals surface area contributed by atoms with Gasteiger partial charge in [0, 0.05) is 77.6 Å². The Morgan fingerprint density at radius 3 is 1.17 bits per heavy atom. The molecule has 2 aliphatic heterocycles. The van der Waals surface area contributed by atoms with Crippen LogP contribution in [0.1, 0.15) is 72.2 Å². The molecule has 23 heteroatoms. The Hall–Kier alpha value is -6.75. The Morgan fingerprint density at radius 2 is 0.819 bits per heavy atom. The molecule has 0 spiro atoms. The molecular weight excluding hydrogens is 1130 g/mol. The fourth-order valence-electron chi connectivity index (χ4n) is 9.50. The van der Waals surface area contributed by atoms with E-state index < -0.39 is 80.7 Å². The lowest BCUT2D eigenvalue weighted by Crippen LogP contribution is -2.45. The number of nitrogens with zero attached hydrogens (tertiary/aromatic N) is 7. The average molecular weight is 1190 g/mol. The van der Waals surface area contributed by atoms with E-state index in [1.54, 1.807) is 18.2 Å². The predicted octanol–water partition coefficient (Wildman–Crippen LogP) is 14.0. The Bertz CT molecular complexity index is 3190. The van der Waals surface area contributed by atoms with Gasteiger partial charge in [0.25, 0.3) is 0 Å². The fraction of sp³-hybridized carbons (Fsp3) is 0.400. The molecule has 0 bridgehead atoms. The van der Waals surface area contributed by atoms with E-state index in [2.05, 4.69) is 37.0 Å². The highest BCUT2D eigenvalue weighted by molar-refractivity contribution is 6.29. The third-order valence-corrected chi connectivity index (χ3v) is 15.0. The average Bonchev–Trinajstić information content (AvgIpc) is 3.59. The summed E-state index contributed by atoms with van der Waals surface area (Å²) in [5.74, 6) is -0.703. The van der Waals surface area contributed by atoms with Crippen LogP contribution in [0.3, 0.4) is 0 Å². The van der Waals surface area contributed by atoms with Crippen LogP contribution in [0, 0.1) is 13.8 Å². The molecule has 448 valence electrons. The minimum absolute atomic E-state index is 0.0349. The molecule has 2 saturated heterocycles. The van der Waals surface area contributed by atoms with Gasteiger partial charge in [0.1, 0.15) is 11.0 Å². The molecule has 6 aromatic rings. The number of anilines is 3. The molecule has 0 aliphatic carbocycles. The highest BCUT2D eigenvalue weighted by Gasteiger charge is 2.43. The van der Waals surface area contributed by atoms with Crippen LogP contribution < -0.4 is 20.0 Å². The number of hydrogen-bond donors (Lipinski definition) is 1. The highest BCUT2D eigenvalue weighted by atomic mass is 35.5. The van der Waals surface area contributed by atoms with Crippen LogP contribution in [0.15, 0.2) is 109 Å². The lowest BCUT2D eigenvalue weighted by atomic mass is 9.81. The summed E-state index contributed by atoms with van der Waals surface area (Å²) in [6.45, 7) is 16.9. The lowest BCUT2D eigenvalue weighted by molar-refractivity contribution is -0.144. The van der Waals surface area contributed by atoms with E-state index in [1.165, 1.54) is 77.1 Å². The highest BCUT2D eigenvalue weighted by Crippen LogP contribution is 2.44. The number of halogens is 13. The van der Waals surface area contributed by atoms with Crippen LogP contribution in [0.2, 0.25) is 5.15 Å². The summed E-state index contributed by atoms with van der Waals surface area (Å²) in [5.41, 5.74) is -4.95. The minimum Gasteiger partial charge on any atom is -0.354 e. The van der Waals surface area contributed by atoms with Gasteiger partial charge in [-0.1, -0.05) is 60.1 Å². The first kappa shape index (κ1) is 65.4. The van der Waals surface area contributed by atoms with Gasteiger partial charge < -0.3 is 29.8 Å². The van der Waals surface area contributed by atoms with E-state index in [9.17, 15) is 62.3 Å². The number of alkyl halides is 12. The molecule has 0 unspecified atom stereocenters. The number of carbonyl (C=O) groups is 2. The number of benzene rings is 4. The molecule has 1 N–H and O–H groups in total. The van der Waals surface area contributed by atoms with Crippen molar-refractivity contribution in [1.82, 2.24) is 25.1 Å². The van der Waals surface area contributed by atoms with E-state index >= 15 is 0 Å². The van der Waals surface area contributed by atoms with Gasteiger partial charge in [0.05, 0.1) is 56.9 Å². The molecule has 10 nitrogen and oxygen atoms in total. The number of hydrogen-bond acceptors (Lipinski definition) is 8. The number of pyridine rings is 2. The van der Waals surface area contributed by atoms with Crippen molar-refractivity contribution in [2.24, 2.45) is 0 Å². The molecule has 8 rings (SSSR count). The molecule has 2 fully saturated rings. The summed E-state index contributed by atoms with van der Waals surface area (Å²) in [6, 6.07) is 20.7. The summed E-state index contributed by atoms with van der Waals surface area (Å²) in [4.78, 5) is 45.2. The van der Waals surface area contributed by atoms with E-state index in [1.807, 2.05) is 63.4 Å².